The molecule has 1 saturated heterocycles. The highest BCUT2D eigenvalue weighted by molar-refractivity contribution is 7.80. The Morgan fingerprint density at radius 3 is 2.40 bits per heavy atom. The summed E-state index contributed by atoms with van der Waals surface area (Å²) >= 11 is 5.37. The molecule has 132 valence electrons. The van der Waals surface area contributed by atoms with Crippen LogP contribution in [0.4, 0.5) is 0 Å². The molecule has 0 aromatic heterocycles. The summed E-state index contributed by atoms with van der Waals surface area (Å²) in [5.41, 5.74) is 2.60. The molecule has 25 heavy (non-hydrogen) atoms. The number of thiocarbonyl (C=S) groups is 1. The minimum atomic E-state index is 0.198. The lowest BCUT2D eigenvalue weighted by molar-refractivity contribution is -0.925. The third kappa shape index (κ3) is 6.12. The lowest BCUT2D eigenvalue weighted by Gasteiger charge is -2.30. The monoisotopic (exact) mass is 356 g/mol. The van der Waals surface area contributed by atoms with Gasteiger partial charge < -0.3 is 20.3 Å². The van der Waals surface area contributed by atoms with Gasteiger partial charge in [-0.25, -0.2) is 0 Å². The molecule has 2 atom stereocenters. The van der Waals surface area contributed by atoms with Crippen LogP contribution in [0.2, 0.25) is 0 Å². The van der Waals surface area contributed by atoms with Crippen LogP contribution in [-0.4, -0.2) is 37.5 Å². The number of benzene rings is 2. The van der Waals surface area contributed by atoms with E-state index >= 15 is 0 Å². The maximum absolute atomic E-state index is 5.89. The van der Waals surface area contributed by atoms with Crippen molar-refractivity contribution in [1.29, 1.82) is 0 Å². The van der Waals surface area contributed by atoms with E-state index in [1.165, 1.54) is 11.1 Å². The van der Waals surface area contributed by atoms with Crippen LogP contribution in [0.5, 0.6) is 0 Å². The molecule has 1 unspecified atom stereocenters. The summed E-state index contributed by atoms with van der Waals surface area (Å²) in [4.78, 5) is 1.56. The number of nitrogens with one attached hydrogen (secondary N) is 3. The summed E-state index contributed by atoms with van der Waals surface area (Å²) in [5.74, 6) is 0. The van der Waals surface area contributed by atoms with E-state index in [4.69, 9.17) is 17.0 Å². The molecule has 0 spiro atoms. The lowest BCUT2D eigenvalue weighted by Crippen LogP contribution is -3.13. The van der Waals surface area contributed by atoms with Crippen LogP contribution in [0.15, 0.2) is 60.7 Å². The Labute approximate surface area is 155 Å². The zero-order chi connectivity index (χ0) is 17.3. The molecule has 0 amide bonds. The molecule has 0 bridgehead atoms. The zero-order valence-electron chi connectivity index (χ0n) is 14.4. The molecule has 1 aliphatic heterocycles. The Hall–Kier alpha value is -1.95. The van der Waals surface area contributed by atoms with Crippen LogP contribution in [-0.2, 0) is 17.8 Å². The van der Waals surface area contributed by atoms with E-state index < -0.39 is 0 Å². The molecule has 3 N–H and O–H groups in total. The van der Waals surface area contributed by atoms with E-state index in [9.17, 15) is 0 Å². The molecule has 0 aliphatic carbocycles. The van der Waals surface area contributed by atoms with E-state index in [1.54, 1.807) is 4.90 Å². The van der Waals surface area contributed by atoms with Crippen LogP contribution in [0.1, 0.15) is 11.1 Å². The number of morpholine rings is 1. The molecular formula is C20H26N3OS+. The summed E-state index contributed by atoms with van der Waals surface area (Å²) in [7, 11) is 0. The predicted molar refractivity (Wildman–Crippen MR) is 104 cm³/mol. The van der Waals surface area contributed by atoms with Crippen molar-refractivity contribution in [1.82, 2.24) is 10.6 Å². The number of quaternary nitrogens is 1. The van der Waals surface area contributed by atoms with Crippen LogP contribution >= 0.6 is 12.2 Å². The van der Waals surface area contributed by atoms with Crippen molar-refractivity contribution >= 4 is 17.3 Å². The highest BCUT2D eigenvalue weighted by Crippen LogP contribution is 1.99. The van der Waals surface area contributed by atoms with Crippen LogP contribution in [0.3, 0.4) is 0 Å². The molecule has 2 aromatic carbocycles. The molecule has 3 rings (SSSR count). The van der Waals surface area contributed by atoms with E-state index in [-0.39, 0.29) is 6.10 Å². The van der Waals surface area contributed by atoms with E-state index in [0.717, 1.165) is 39.3 Å². The molecule has 0 radical (unpaired) electrons. The van der Waals surface area contributed by atoms with Gasteiger partial charge in [-0.2, -0.15) is 0 Å². The van der Waals surface area contributed by atoms with Gasteiger partial charge in [-0.3, -0.25) is 0 Å². The van der Waals surface area contributed by atoms with Crippen LogP contribution in [0.25, 0.3) is 0 Å². The standard InChI is InChI=1S/C20H25N3OS/c25-20(21-13-17-7-3-1-4-8-17)22-14-19-16-23(11-12-24-19)15-18-9-5-2-6-10-18/h1-10,19H,11-16H2,(H2,21,22,25)/p+1/t19-/m0/s1. The van der Waals surface area contributed by atoms with Crippen molar-refractivity contribution in [2.75, 3.05) is 26.2 Å². The van der Waals surface area contributed by atoms with Gasteiger partial charge in [0.05, 0.1) is 6.61 Å². The summed E-state index contributed by atoms with van der Waals surface area (Å²) in [6.07, 6.45) is 0.198. The fourth-order valence-corrected chi connectivity index (χ4v) is 3.23. The molecule has 5 heteroatoms. The average molecular weight is 357 g/mol. The van der Waals surface area contributed by atoms with Crippen molar-refractivity contribution < 1.29 is 9.64 Å². The van der Waals surface area contributed by atoms with Crippen LogP contribution < -0.4 is 15.5 Å². The summed E-state index contributed by atoms with van der Waals surface area (Å²) in [6, 6.07) is 20.9. The Bertz CT molecular complexity index is 651. The second-order valence-electron chi connectivity index (χ2n) is 6.41. The minimum absolute atomic E-state index is 0.198. The molecule has 1 heterocycles. The molecular weight excluding hydrogens is 330 g/mol. The van der Waals surface area contributed by atoms with Gasteiger partial charge in [0, 0.05) is 18.7 Å². The Morgan fingerprint density at radius 1 is 1.00 bits per heavy atom. The van der Waals surface area contributed by atoms with Crippen molar-refractivity contribution in [2.45, 2.75) is 19.2 Å². The Kier molecular flexibility index (Phi) is 6.79. The van der Waals surface area contributed by atoms with Gasteiger partial charge in [-0.05, 0) is 17.8 Å². The third-order valence-electron chi connectivity index (χ3n) is 4.41. The molecule has 1 fully saturated rings. The maximum atomic E-state index is 5.89. The first-order valence-corrected chi connectivity index (χ1v) is 9.25. The fraction of sp³-hybridized carbons (Fsp3) is 0.350. The summed E-state index contributed by atoms with van der Waals surface area (Å²) in [5, 5.41) is 7.22. The van der Waals surface area contributed by atoms with Gasteiger partial charge in [-0.1, -0.05) is 60.7 Å². The number of hydrogen-bond acceptors (Lipinski definition) is 2. The third-order valence-corrected chi connectivity index (χ3v) is 4.70. The zero-order valence-corrected chi connectivity index (χ0v) is 15.2. The first kappa shape index (κ1) is 17.9. The quantitative estimate of drug-likeness (QED) is 0.679. The van der Waals surface area contributed by atoms with Gasteiger partial charge in [0.15, 0.2) is 5.11 Å². The SMILES string of the molecule is S=C(NCc1ccccc1)NC[C@H]1C[NH+](Cc2ccccc2)CCO1. The molecule has 2 aromatic rings. The second kappa shape index (κ2) is 9.51. The van der Waals surface area contributed by atoms with Gasteiger partial charge >= 0.3 is 0 Å². The Balaban J connectivity index is 1.38. The van der Waals surface area contributed by atoms with Crippen molar-refractivity contribution in [3.63, 3.8) is 0 Å². The average Bonchev–Trinajstić information content (AvgIpc) is 2.67. The number of rotatable bonds is 6. The largest absolute Gasteiger partial charge is 0.365 e. The molecule has 1 aliphatic rings. The second-order valence-corrected chi connectivity index (χ2v) is 6.82. The Morgan fingerprint density at radius 2 is 1.68 bits per heavy atom. The predicted octanol–water partition coefficient (Wildman–Crippen LogP) is 1.13. The normalized spacial score (nSPS) is 20.0. The van der Waals surface area contributed by atoms with Gasteiger partial charge in [-0.15, -0.1) is 0 Å². The fourth-order valence-electron chi connectivity index (χ4n) is 3.08. The highest BCUT2D eigenvalue weighted by atomic mass is 32.1. The first-order chi connectivity index (χ1) is 12.3. The van der Waals surface area contributed by atoms with Gasteiger partial charge in [0.25, 0.3) is 0 Å². The summed E-state index contributed by atoms with van der Waals surface area (Å²) < 4.78 is 5.89. The van der Waals surface area contributed by atoms with E-state index in [0.29, 0.717) is 5.11 Å². The molecule has 0 saturated carbocycles. The lowest BCUT2D eigenvalue weighted by atomic mass is 10.2. The van der Waals surface area contributed by atoms with Crippen molar-refractivity contribution in [3.05, 3.63) is 71.8 Å². The smallest absolute Gasteiger partial charge is 0.166 e. The number of hydrogen-bond donors (Lipinski definition) is 3. The minimum Gasteiger partial charge on any atom is -0.365 e. The topological polar surface area (TPSA) is 37.7 Å². The number of ether oxygens (including phenoxy) is 1. The van der Waals surface area contributed by atoms with E-state index in [1.807, 2.05) is 18.2 Å². The van der Waals surface area contributed by atoms with Gasteiger partial charge in [0.1, 0.15) is 25.7 Å². The summed E-state index contributed by atoms with van der Waals surface area (Å²) in [6.45, 7) is 5.41. The van der Waals surface area contributed by atoms with Crippen molar-refractivity contribution in [3.8, 4) is 0 Å². The van der Waals surface area contributed by atoms with E-state index in [2.05, 4.69) is 53.1 Å². The van der Waals surface area contributed by atoms with Crippen molar-refractivity contribution in [2.24, 2.45) is 0 Å². The molecule has 4 nitrogen and oxygen atoms in total. The maximum Gasteiger partial charge on any atom is 0.166 e. The van der Waals surface area contributed by atoms with Gasteiger partial charge in [0.2, 0.25) is 0 Å². The first-order valence-electron chi connectivity index (χ1n) is 8.84. The highest BCUT2D eigenvalue weighted by Gasteiger charge is 2.23. The van der Waals surface area contributed by atoms with Crippen LogP contribution in [0, 0.1) is 0 Å².